The number of halogens is 1. The van der Waals surface area contributed by atoms with Gasteiger partial charge < -0.3 is 4.74 Å². The van der Waals surface area contributed by atoms with Gasteiger partial charge in [0.15, 0.2) is 0 Å². The van der Waals surface area contributed by atoms with E-state index in [-0.39, 0.29) is 0 Å². The summed E-state index contributed by atoms with van der Waals surface area (Å²) in [5.74, 6) is 0.814. The molecular weight excluding hydrogens is 292 g/mol. The molecule has 0 radical (unpaired) electrons. The Morgan fingerprint density at radius 1 is 1.33 bits per heavy atom. The molecule has 2 aliphatic heterocycles. The molecule has 0 saturated carbocycles. The van der Waals surface area contributed by atoms with Crippen LogP contribution in [-0.4, -0.2) is 66.1 Å². The minimum Gasteiger partial charge on any atom is -0.374 e. The van der Waals surface area contributed by atoms with Crippen molar-refractivity contribution in [2.45, 2.75) is 45.4 Å². The topological polar surface area (TPSA) is 15.7 Å². The Hall–Kier alpha value is 0.360. The molecule has 0 bridgehead atoms. The Morgan fingerprint density at radius 3 is 2.78 bits per heavy atom. The number of alkyl halides is 1. The molecule has 4 heteroatoms. The van der Waals surface area contributed by atoms with E-state index in [2.05, 4.69) is 46.5 Å². The fraction of sp³-hybridized carbons (Fsp3) is 1.00. The Bertz CT molecular complexity index is 262. The monoisotopic (exact) mass is 318 g/mol. The van der Waals surface area contributed by atoms with Crippen molar-refractivity contribution in [3.05, 3.63) is 0 Å². The molecule has 3 atom stereocenters. The maximum atomic E-state index is 5.95. The molecule has 0 amide bonds. The summed E-state index contributed by atoms with van der Waals surface area (Å²) in [5.41, 5.74) is 0. The van der Waals surface area contributed by atoms with E-state index in [0.29, 0.717) is 18.2 Å². The van der Waals surface area contributed by atoms with Crippen molar-refractivity contribution in [1.29, 1.82) is 0 Å². The molecule has 0 aromatic carbocycles. The van der Waals surface area contributed by atoms with Gasteiger partial charge in [-0.2, -0.15) is 0 Å². The first-order valence-corrected chi connectivity index (χ1v) is 8.39. The zero-order valence-electron chi connectivity index (χ0n) is 11.9. The number of nitrogens with zero attached hydrogens (tertiary/aromatic N) is 2. The quantitative estimate of drug-likeness (QED) is 0.739. The van der Waals surface area contributed by atoms with Gasteiger partial charge in [-0.3, -0.25) is 9.80 Å². The minimum absolute atomic E-state index is 0.396. The van der Waals surface area contributed by atoms with Crippen molar-refractivity contribution in [2.24, 2.45) is 5.92 Å². The summed E-state index contributed by atoms with van der Waals surface area (Å²) in [6, 6.07) is 1.34. The van der Waals surface area contributed by atoms with E-state index in [1.54, 1.807) is 0 Å². The zero-order valence-corrected chi connectivity index (χ0v) is 13.5. The van der Waals surface area contributed by atoms with Crippen LogP contribution < -0.4 is 0 Å². The Labute approximate surface area is 120 Å². The Morgan fingerprint density at radius 2 is 2.11 bits per heavy atom. The Kier molecular flexibility index (Phi) is 5.48. The summed E-state index contributed by atoms with van der Waals surface area (Å²) in [6.07, 6.45) is 1.73. The predicted octanol–water partition coefficient (Wildman–Crippen LogP) is 2.20. The third-order valence-corrected chi connectivity index (χ3v) is 5.16. The molecule has 0 spiro atoms. The lowest BCUT2D eigenvalue weighted by atomic mass is 10.1. The van der Waals surface area contributed by atoms with Crippen molar-refractivity contribution in [3.63, 3.8) is 0 Å². The number of ether oxygens (including phenoxy) is 1. The van der Waals surface area contributed by atoms with E-state index < -0.39 is 0 Å². The van der Waals surface area contributed by atoms with Crippen LogP contribution in [0, 0.1) is 5.92 Å². The summed E-state index contributed by atoms with van der Waals surface area (Å²) in [5, 5.41) is 1.09. The lowest BCUT2D eigenvalue weighted by Gasteiger charge is -2.38. The van der Waals surface area contributed by atoms with Crippen molar-refractivity contribution in [2.75, 3.05) is 38.1 Å². The summed E-state index contributed by atoms with van der Waals surface area (Å²) >= 11 is 3.66. The van der Waals surface area contributed by atoms with Gasteiger partial charge in [0.05, 0.1) is 12.7 Å². The largest absolute Gasteiger partial charge is 0.374 e. The van der Waals surface area contributed by atoms with Gasteiger partial charge >= 0.3 is 0 Å². The second kappa shape index (κ2) is 6.69. The SMILES string of the molecule is CC1CCN(CC2CN(C(C)C)CCO2)C1CBr. The average Bonchev–Trinajstić information content (AvgIpc) is 2.70. The molecule has 0 aromatic rings. The molecule has 18 heavy (non-hydrogen) atoms. The highest BCUT2D eigenvalue weighted by atomic mass is 79.9. The van der Waals surface area contributed by atoms with Crippen LogP contribution in [0.1, 0.15) is 27.2 Å². The number of rotatable bonds is 4. The van der Waals surface area contributed by atoms with Gasteiger partial charge in [-0.15, -0.1) is 0 Å². The van der Waals surface area contributed by atoms with Gasteiger partial charge in [0.2, 0.25) is 0 Å². The fourth-order valence-corrected chi connectivity index (χ4v) is 4.19. The molecule has 2 fully saturated rings. The highest BCUT2D eigenvalue weighted by Crippen LogP contribution is 2.26. The number of hydrogen-bond donors (Lipinski definition) is 0. The first kappa shape index (κ1) is 14.8. The second-order valence-electron chi connectivity index (χ2n) is 6.06. The zero-order chi connectivity index (χ0) is 13.1. The molecule has 2 aliphatic rings. The molecule has 3 nitrogen and oxygen atoms in total. The van der Waals surface area contributed by atoms with Gasteiger partial charge in [0, 0.05) is 37.0 Å². The number of likely N-dealkylation sites (tertiary alicyclic amines) is 1. The molecule has 0 aromatic heterocycles. The van der Waals surface area contributed by atoms with Crippen molar-refractivity contribution in [1.82, 2.24) is 9.80 Å². The van der Waals surface area contributed by atoms with E-state index in [1.165, 1.54) is 13.0 Å². The smallest absolute Gasteiger partial charge is 0.0829 e. The van der Waals surface area contributed by atoms with E-state index in [0.717, 1.165) is 37.5 Å². The Balaban J connectivity index is 1.85. The van der Waals surface area contributed by atoms with Crippen LogP contribution in [0.5, 0.6) is 0 Å². The van der Waals surface area contributed by atoms with Gasteiger partial charge in [0.1, 0.15) is 0 Å². The van der Waals surface area contributed by atoms with Crippen LogP contribution in [0.4, 0.5) is 0 Å². The maximum absolute atomic E-state index is 5.95. The number of hydrogen-bond acceptors (Lipinski definition) is 3. The highest BCUT2D eigenvalue weighted by molar-refractivity contribution is 9.09. The molecule has 0 N–H and O–H groups in total. The molecular formula is C14H27BrN2O. The molecule has 3 unspecified atom stereocenters. The maximum Gasteiger partial charge on any atom is 0.0829 e. The van der Waals surface area contributed by atoms with Gasteiger partial charge in [-0.05, 0) is 32.7 Å². The second-order valence-corrected chi connectivity index (χ2v) is 6.71. The van der Waals surface area contributed by atoms with Crippen LogP contribution in [0.3, 0.4) is 0 Å². The van der Waals surface area contributed by atoms with Crippen molar-refractivity contribution >= 4 is 15.9 Å². The van der Waals surface area contributed by atoms with Crippen LogP contribution in [0.25, 0.3) is 0 Å². The first-order chi connectivity index (χ1) is 8.61. The van der Waals surface area contributed by atoms with Crippen LogP contribution in [0.2, 0.25) is 0 Å². The lowest BCUT2D eigenvalue weighted by molar-refractivity contribution is -0.0532. The van der Waals surface area contributed by atoms with Crippen LogP contribution >= 0.6 is 15.9 Å². The lowest BCUT2D eigenvalue weighted by Crippen LogP contribution is -2.50. The van der Waals surface area contributed by atoms with Crippen molar-refractivity contribution < 1.29 is 4.74 Å². The first-order valence-electron chi connectivity index (χ1n) is 7.27. The summed E-state index contributed by atoms with van der Waals surface area (Å²) in [4.78, 5) is 5.16. The standard InChI is InChI=1S/C14H27BrN2O/c1-11(2)16-6-7-18-13(9-16)10-17-5-4-12(3)14(17)8-15/h11-14H,4-10H2,1-3H3. The van der Waals surface area contributed by atoms with Crippen molar-refractivity contribution in [3.8, 4) is 0 Å². The van der Waals surface area contributed by atoms with E-state index in [4.69, 9.17) is 4.74 Å². The summed E-state index contributed by atoms with van der Waals surface area (Å²) < 4.78 is 5.95. The third kappa shape index (κ3) is 3.47. The number of morpholine rings is 1. The van der Waals surface area contributed by atoms with E-state index >= 15 is 0 Å². The highest BCUT2D eigenvalue weighted by Gasteiger charge is 2.33. The van der Waals surface area contributed by atoms with Gasteiger partial charge in [-0.1, -0.05) is 22.9 Å². The predicted molar refractivity (Wildman–Crippen MR) is 79.4 cm³/mol. The van der Waals surface area contributed by atoms with E-state index in [9.17, 15) is 0 Å². The van der Waals surface area contributed by atoms with Crippen LogP contribution in [0.15, 0.2) is 0 Å². The fourth-order valence-electron chi connectivity index (χ4n) is 3.15. The van der Waals surface area contributed by atoms with Gasteiger partial charge in [-0.25, -0.2) is 0 Å². The van der Waals surface area contributed by atoms with Crippen LogP contribution in [-0.2, 0) is 4.74 Å². The molecule has 106 valence electrons. The molecule has 0 aliphatic carbocycles. The van der Waals surface area contributed by atoms with Gasteiger partial charge in [0.25, 0.3) is 0 Å². The molecule has 2 saturated heterocycles. The molecule has 2 rings (SSSR count). The molecule has 2 heterocycles. The summed E-state index contributed by atoms with van der Waals surface area (Å²) in [7, 11) is 0. The third-order valence-electron chi connectivity index (χ3n) is 4.49. The van der Waals surface area contributed by atoms with E-state index in [1.807, 2.05) is 0 Å². The normalized spacial score (nSPS) is 35.5. The summed E-state index contributed by atoms with van der Waals surface area (Å²) in [6.45, 7) is 12.3. The minimum atomic E-state index is 0.396. The average molecular weight is 319 g/mol.